The smallest absolute Gasteiger partial charge is 0.311 e. The number of hydrogen-bond acceptors (Lipinski definition) is 5. The predicted octanol–water partition coefficient (Wildman–Crippen LogP) is 5.31. The van der Waals surface area contributed by atoms with E-state index in [-0.39, 0.29) is 5.97 Å². The van der Waals surface area contributed by atoms with Crippen LogP contribution in [0.1, 0.15) is 58.2 Å². The summed E-state index contributed by atoms with van der Waals surface area (Å²) >= 11 is 0. The standard InChI is InChI=1S/C25H32N4O3/c1-4-6-13-21-27-24-23(25-26-18-11-8-9-12-19(18)29(21)25)20(32-22(30)14-7-5-2)17-28(24)15-10-16-31-3/h8-9,11-12,17H,4-7,10,13-16H2,1-3H3. The van der Waals surface area contributed by atoms with Gasteiger partial charge in [0.25, 0.3) is 0 Å². The molecule has 170 valence electrons. The number of methoxy groups -OCH3 is 1. The molecule has 0 radical (unpaired) electrons. The number of benzene rings is 1. The first-order valence-corrected chi connectivity index (χ1v) is 11.7. The summed E-state index contributed by atoms with van der Waals surface area (Å²) < 4.78 is 15.3. The number of nitrogens with zero attached hydrogens (tertiary/aromatic N) is 4. The molecule has 7 heteroatoms. The van der Waals surface area contributed by atoms with Crippen molar-refractivity contribution >= 4 is 33.7 Å². The van der Waals surface area contributed by atoms with Crippen LogP contribution < -0.4 is 4.74 Å². The molecule has 3 heterocycles. The second kappa shape index (κ2) is 10.1. The summed E-state index contributed by atoms with van der Waals surface area (Å²) in [6.45, 7) is 5.64. The third kappa shape index (κ3) is 4.35. The molecule has 0 amide bonds. The van der Waals surface area contributed by atoms with Crippen molar-refractivity contribution in [3.8, 4) is 5.75 Å². The van der Waals surface area contributed by atoms with Gasteiger partial charge in [-0.3, -0.25) is 9.20 Å². The molecule has 1 aromatic carbocycles. The van der Waals surface area contributed by atoms with Crippen LogP contribution in [0.15, 0.2) is 30.5 Å². The Morgan fingerprint density at radius 1 is 1.03 bits per heavy atom. The van der Waals surface area contributed by atoms with E-state index in [0.717, 1.165) is 78.6 Å². The van der Waals surface area contributed by atoms with Crippen molar-refractivity contribution in [1.29, 1.82) is 0 Å². The Balaban J connectivity index is 1.93. The maximum Gasteiger partial charge on any atom is 0.311 e. The molecule has 0 aliphatic rings. The Bertz CT molecular complexity index is 1220. The van der Waals surface area contributed by atoms with Gasteiger partial charge in [-0.15, -0.1) is 0 Å². The van der Waals surface area contributed by atoms with Gasteiger partial charge in [0.1, 0.15) is 16.9 Å². The van der Waals surface area contributed by atoms with E-state index >= 15 is 0 Å². The van der Waals surface area contributed by atoms with Crippen LogP contribution in [0.25, 0.3) is 27.7 Å². The van der Waals surface area contributed by atoms with Crippen LogP contribution in [0, 0.1) is 0 Å². The Hall–Kier alpha value is -2.93. The van der Waals surface area contributed by atoms with Crippen molar-refractivity contribution in [2.75, 3.05) is 13.7 Å². The molecule has 0 saturated carbocycles. The number of rotatable bonds is 11. The third-order valence-corrected chi connectivity index (χ3v) is 5.75. The largest absolute Gasteiger partial charge is 0.424 e. The minimum absolute atomic E-state index is 0.216. The molecular weight excluding hydrogens is 404 g/mol. The molecular formula is C25H32N4O3. The molecule has 32 heavy (non-hydrogen) atoms. The van der Waals surface area contributed by atoms with E-state index in [4.69, 9.17) is 19.4 Å². The summed E-state index contributed by atoms with van der Waals surface area (Å²) in [7, 11) is 1.70. The van der Waals surface area contributed by atoms with Gasteiger partial charge in [0, 0.05) is 39.3 Å². The summed E-state index contributed by atoms with van der Waals surface area (Å²) in [6.07, 6.45) is 7.91. The highest BCUT2D eigenvalue weighted by atomic mass is 16.5. The van der Waals surface area contributed by atoms with Gasteiger partial charge in [0.05, 0.1) is 11.0 Å². The number of fused-ring (bicyclic) bond motifs is 5. The van der Waals surface area contributed by atoms with Crippen LogP contribution in [0.4, 0.5) is 0 Å². The average molecular weight is 437 g/mol. The Labute approximate surface area is 188 Å². The van der Waals surface area contributed by atoms with Gasteiger partial charge in [-0.25, -0.2) is 9.97 Å². The van der Waals surface area contributed by atoms with E-state index in [0.29, 0.717) is 18.8 Å². The van der Waals surface area contributed by atoms with E-state index in [1.807, 2.05) is 24.4 Å². The fraction of sp³-hybridized carbons (Fsp3) is 0.480. The molecule has 7 nitrogen and oxygen atoms in total. The molecule has 0 aliphatic carbocycles. The number of aromatic nitrogens is 4. The quantitative estimate of drug-likeness (QED) is 0.235. The molecule has 3 aromatic heterocycles. The van der Waals surface area contributed by atoms with Crippen molar-refractivity contribution in [2.45, 2.75) is 65.3 Å². The maximum absolute atomic E-state index is 12.5. The fourth-order valence-electron chi connectivity index (χ4n) is 4.10. The number of hydrogen-bond donors (Lipinski definition) is 0. The molecule has 0 unspecified atom stereocenters. The Morgan fingerprint density at radius 3 is 2.62 bits per heavy atom. The lowest BCUT2D eigenvalue weighted by Gasteiger charge is -2.09. The highest BCUT2D eigenvalue weighted by Crippen LogP contribution is 2.34. The topological polar surface area (TPSA) is 70.7 Å². The molecule has 4 rings (SSSR count). The summed E-state index contributed by atoms with van der Waals surface area (Å²) in [5.74, 6) is 1.30. The summed E-state index contributed by atoms with van der Waals surface area (Å²) in [6, 6.07) is 8.10. The van der Waals surface area contributed by atoms with Crippen LogP contribution in [-0.2, 0) is 22.5 Å². The van der Waals surface area contributed by atoms with Gasteiger partial charge in [-0.05, 0) is 31.4 Å². The second-order valence-electron chi connectivity index (χ2n) is 8.20. The first-order chi connectivity index (χ1) is 15.7. The SMILES string of the molecule is CCCCC(=O)Oc1cn(CCCOC)c2nc(CCCC)n3c4ccccc4nc3c12. The maximum atomic E-state index is 12.5. The minimum Gasteiger partial charge on any atom is -0.424 e. The molecule has 0 fully saturated rings. The normalized spacial score (nSPS) is 11.7. The highest BCUT2D eigenvalue weighted by Gasteiger charge is 2.22. The summed E-state index contributed by atoms with van der Waals surface area (Å²) in [5, 5.41) is 0.795. The van der Waals surface area contributed by atoms with Gasteiger partial charge in [0.2, 0.25) is 0 Å². The number of carbonyl (C=O) groups excluding carboxylic acids is 1. The molecule has 0 atom stereocenters. The number of esters is 1. The van der Waals surface area contributed by atoms with Gasteiger partial charge < -0.3 is 14.0 Å². The van der Waals surface area contributed by atoms with E-state index in [1.54, 1.807) is 7.11 Å². The number of ether oxygens (including phenoxy) is 2. The minimum atomic E-state index is -0.216. The Kier molecular flexibility index (Phi) is 7.05. The van der Waals surface area contributed by atoms with Gasteiger partial charge in [0.15, 0.2) is 11.4 Å². The molecule has 0 bridgehead atoms. The zero-order valence-corrected chi connectivity index (χ0v) is 19.3. The summed E-state index contributed by atoms with van der Waals surface area (Å²) in [5.41, 5.74) is 3.55. The van der Waals surface area contributed by atoms with E-state index in [2.05, 4.69) is 28.9 Å². The third-order valence-electron chi connectivity index (χ3n) is 5.75. The number of unbranched alkanes of at least 4 members (excludes halogenated alkanes) is 2. The zero-order chi connectivity index (χ0) is 22.5. The average Bonchev–Trinajstić information content (AvgIpc) is 3.34. The molecule has 0 N–H and O–H groups in total. The lowest BCUT2D eigenvalue weighted by atomic mass is 10.2. The monoisotopic (exact) mass is 436 g/mol. The molecule has 0 spiro atoms. The van der Waals surface area contributed by atoms with E-state index < -0.39 is 0 Å². The van der Waals surface area contributed by atoms with Gasteiger partial charge in [-0.1, -0.05) is 38.8 Å². The Morgan fingerprint density at radius 2 is 1.84 bits per heavy atom. The first-order valence-electron chi connectivity index (χ1n) is 11.7. The van der Waals surface area contributed by atoms with Crippen molar-refractivity contribution in [1.82, 2.24) is 18.9 Å². The van der Waals surface area contributed by atoms with Crippen LogP contribution in [0.2, 0.25) is 0 Å². The molecule has 0 aliphatic heterocycles. The number of aryl methyl sites for hydroxylation is 2. The van der Waals surface area contributed by atoms with Crippen molar-refractivity contribution in [2.24, 2.45) is 0 Å². The van der Waals surface area contributed by atoms with Gasteiger partial charge >= 0.3 is 5.97 Å². The van der Waals surface area contributed by atoms with Crippen molar-refractivity contribution in [3.63, 3.8) is 0 Å². The van der Waals surface area contributed by atoms with Crippen LogP contribution in [-0.4, -0.2) is 38.6 Å². The molecule has 4 aromatic rings. The van der Waals surface area contributed by atoms with E-state index in [9.17, 15) is 4.79 Å². The lowest BCUT2D eigenvalue weighted by Crippen LogP contribution is -2.07. The zero-order valence-electron chi connectivity index (χ0n) is 19.3. The predicted molar refractivity (Wildman–Crippen MR) is 126 cm³/mol. The van der Waals surface area contributed by atoms with Crippen LogP contribution >= 0.6 is 0 Å². The second-order valence-corrected chi connectivity index (χ2v) is 8.20. The van der Waals surface area contributed by atoms with Crippen LogP contribution in [0.5, 0.6) is 5.75 Å². The number of para-hydroxylation sites is 2. The van der Waals surface area contributed by atoms with E-state index in [1.165, 1.54) is 0 Å². The van der Waals surface area contributed by atoms with Gasteiger partial charge in [-0.2, -0.15) is 0 Å². The number of imidazole rings is 1. The summed E-state index contributed by atoms with van der Waals surface area (Å²) in [4.78, 5) is 22.5. The molecule has 0 saturated heterocycles. The lowest BCUT2D eigenvalue weighted by molar-refractivity contribution is -0.134. The van der Waals surface area contributed by atoms with Crippen molar-refractivity contribution in [3.05, 3.63) is 36.3 Å². The van der Waals surface area contributed by atoms with Crippen LogP contribution in [0.3, 0.4) is 0 Å². The van der Waals surface area contributed by atoms with Crippen molar-refractivity contribution < 1.29 is 14.3 Å². The highest BCUT2D eigenvalue weighted by molar-refractivity contribution is 6.00. The number of carbonyl (C=O) groups is 1. The first kappa shape index (κ1) is 22.3. The fourth-order valence-corrected chi connectivity index (χ4v) is 4.10.